The summed E-state index contributed by atoms with van der Waals surface area (Å²) in [6.45, 7) is 4.34. The second-order valence-electron chi connectivity index (χ2n) is 6.25. The van der Waals surface area contributed by atoms with E-state index in [-0.39, 0.29) is 16.6 Å². The number of hydrogen-bond acceptors (Lipinski definition) is 4. The number of carbonyl (C=O) groups excluding carboxylic acids is 1. The van der Waals surface area contributed by atoms with Crippen molar-refractivity contribution < 1.29 is 17.9 Å². The first-order valence-electron chi connectivity index (χ1n) is 8.86. The maximum absolute atomic E-state index is 12.7. The number of rotatable bonds is 6. The minimum atomic E-state index is -3.61. The van der Waals surface area contributed by atoms with Crippen LogP contribution in [0.3, 0.4) is 0 Å². The van der Waals surface area contributed by atoms with Gasteiger partial charge in [0, 0.05) is 13.1 Å². The third-order valence-corrected chi connectivity index (χ3v) is 6.79. The van der Waals surface area contributed by atoms with Gasteiger partial charge in [0.15, 0.2) is 0 Å². The number of ether oxygens (including phenoxy) is 1. The van der Waals surface area contributed by atoms with Crippen LogP contribution in [0, 0.1) is 0 Å². The third-order valence-electron chi connectivity index (χ3n) is 4.74. The number of nitrogens with zero attached hydrogens (tertiary/aromatic N) is 1. The largest absolute Gasteiger partial charge is 0.454 e. The van der Waals surface area contributed by atoms with Crippen LogP contribution in [0.25, 0.3) is 0 Å². The van der Waals surface area contributed by atoms with Gasteiger partial charge in [0.1, 0.15) is 6.10 Å². The Bertz CT molecular complexity index is 904. The summed E-state index contributed by atoms with van der Waals surface area (Å²) in [6.07, 6.45) is 1.36. The summed E-state index contributed by atoms with van der Waals surface area (Å²) in [5, 5.41) is 0. The standard InChI is InChI=1S/C20H23NO4S/c1-3-21(4-2)26(23,24)17-10-7-9-16(14-17)20(22)25-19-13-12-15-8-5-6-11-18(15)19/h5-11,14,19H,3-4,12-13H2,1-2H3/t19-/m1/s1. The molecule has 0 radical (unpaired) electrons. The Morgan fingerprint density at radius 1 is 1.12 bits per heavy atom. The minimum Gasteiger partial charge on any atom is -0.454 e. The number of sulfonamides is 1. The summed E-state index contributed by atoms with van der Waals surface area (Å²) in [5.74, 6) is -0.497. The fourth-order valence-electron chi connectivity index (χ4n) is 3.33. The predicted molar refractivity (Wildman–Crippen MR) is 99.5 cm³/mol. The highest BCUT2D eigenvalue weighted by Crippen LogP contribution is 2.34. The van der Waals surface area contributed by atoms with E-state index in [2.05, 4.69) is 0 Å². The first-order chi connectivity index (χ1) is 12.5. The van der Waals surface area contributed by atoms with Gasteiger partial charge in [-0.2, -0.15) is 4.31 Å². The molecule has 0 unspecified atom stereocenters. The Hall–Kier alpha value is -2.18. The SMILES string of the molecule is CCN(CC)S(=O)(=O)c1cccc(C(=O)O[C@@H]2CCc3ccccc32)c1. The van der Waals surface area contributed by atoms with E-state index < -0.39 is 16.0 Å². The molecule has 3 rings (SSSR count). The van der Waals surface area contributed by atoms with Crippen molar-refractivity contribution in [3.05, 3.63) is 65.2 Å². The van der Waals surface area contributed by atoms with Crippen LogP contribution in [0.4, 0.5) is 0 Å². The van der Waals surface area contributed by atoms with E-state index in [0.29, 0.717) is 13.1 Å². The first kappa shape index (κ1) is 18.6. The van der Waals surface area contributed by atoms with E-state index in [1.807, 2.05) is 24.3 Å². The highest BCUT2D eigenvalue weighted by molar-refractivity contribution is 7.89. The molecule has 0 saturated carbocycles. The van der Waals surface area contributed by atoms with Crippen molar-refractivity contribution in [1.29, 1.82) is 0 Å². The molecule has 26 heavy (non-hydrogen) atoms. The van der Waals surface area contributed by atoms with Crippen molar-refractivity contribution in [3.63, 3.8) is 0 Å². The molecule has 6 heteroatoms. The summed E-state index contributed by atoms with van der Waals surface area (Å²) in [7, 11) is -3.61. The van der Waals surface area contributed by atoms with Crippen LogP contribution in [-0.4, -0.2) is 31.8 Å². The van der Waals surface area contributed by atoms with E-state index in [1.54, 1.807) is 26.0 Å². The lowest BCUT2D eigenvalue weighted by Crippen LogP contribution is -2.30. The number of esters is 1. The van der Waals surface area contributed by atoms with Gasteiger partial charge >= 0.3 is 5.97 Å². The molecule has 0 spiro atoms. The Labute approximate surface area is 154 Å². The quantitative estimate of drug-likeness (QED) is 0.726. The van der Waals surface area contributed by atoms with E-state index in [4.69, 9.17) is 4.74 Å². The van der Waals surface area contributed by atoms with Crippen LogP contribution in [0.5, 0.6) is 0 Å². The molecule has 1 aliphatic rings. The number of hydrogen-bond donors (Lipinski definition) is 0. The molecule has 0 fully saturated rings. The van der Waals surface area contributed by atoms with Gasteiger partial charge in [0.05, 0.1) is 10.5 Å². The van der Waals surface area contributed by atoms with Crippen LogP contribution >= 0.6 is 0 Å². The monoisotopic (exact) mass is 373 g/mol. The lowest BCUT2D eigenvalue weighted by Gasteiger charge is -2.19. The number of aryl methyl sites for hydroxylation is 1. The van der Waals surface area contributed by atoms with Crippen molar-refractivity contribution in [2.24, 2.45) is 0 Å². The predicted octanol–water partition coefficient (Wildman–Crippen LogP) is 3.56. The normalized spacial score (nSPS) is 16.5. The van der Waals surface area contributed by atoms with Gasteiger partial charge in [-0.05, 0) is 42.2 Å². The lowest BCUT2D eigenvalue weighted by atomic mass is 10.1. The second kappa shape index (κ2) is 7.60. The van der Waals surface area contributed by atoms with Crippen LogP contribution in [0.15, 0.2) is 53.4 Å². The molecule has 0 saturated heterocycles. The molecule has 138 valence electrons. The van der Waals surface area contributed by atoms with Gasteiger partial charge in [0.2, 0.25) is 10.0 Å². The molecular weight excluding hydrogens is 350 g/mol. The van der Waals surface area contributed by atoms with Crippen LogP contribution in [0.1, 0.15) is 47.9 Å². The Morgan fingerprint density at radius 2 is 1.85 bits per heavy atom. The molecule has 0 N–H and O–H groups in total. The van der Waals surface area contributed by atoms with Crippen molar-refractivity contribution >= 4 is 16.0 Å². The van der Waals surface area contributed by atoms with Gasteiger partial charge in [-0.25, -0.2) is 13.2 Å². The van der Waals surface area contributed by atoms with Crippen LogP contribution in [-0.2, 0) is 21.2 Å². The molecular formula is C20H23NO4S. The number of carbonyl (C=O) groups is 1. The van der Waals surface area contributed by atoms with Gasteiger partial charge in [-0.15, -0.1) is 0 Å². The topological polar surface area (TPSA) is 63.7 Å². The van der Waals surface area contributed by atoms with Crippen molar-refractivity contribution in [2.45, 2.75) is 37.7 Å². The minimum absolute atomic E-state index is 0.113. The maximum atomic E-state index is 12.7. The second-order valence-corrected chi connectivity index (χ2v) is 8.19. The zero-order valence-electron chi connectivity index (χ0n) is 15.0. The molecule has 2 aromatic rings. The molecule has 0 aliphatic heterocycles. The number of fused-ring (bicyclic) bond motifs is 1. The smallest absolute Gasteiger partial charge is 0.338 e. The van der Waals surface area contributed by atoms with Crippen LogP contribution < -0.4 is 0 Å². The summed E-state index contributed by atoms with van der Waals surface area (Å²) in [5.41, 5.74) is 2.48. The van der Waals surface area contributed by atoms with Gasteiger partial charge in [0.25, 0.3) is 0 Å². The van der Waals surface area contributed by atoms with Crippen molar-refractivity contribution in [1.82, 2.24) is 4.31 Å². The van der Waals surface area contributed by atoms with E-state index >= 15 is 0 Å². The summed E-state index contributed by atoms with van der Waals surface area (Å²) >= 11 is 0. The fourth-order valence-corrected chi connectivity index (χ4v) is 4.84. The van der Waals surface area contributed by atoms with E-state index in [1.165, 1.54) is 22.0 Å². The molecule has 5 nitrogen and oxygen atoms in total. The zero-order chi connectivity index (χ0) is 18.7. The Morgan fingerprint density at radius 3 is 2.58 bits per heavy atom. The van der Waals surface area contributed by atoms with Crippen LogP contribution in [0.2, 0.25) is 0 Å². The van der Waals surface area contributed by atoms with E-state index in [0.717, 1.165) is 18.4 Å². The molecule has 0 aromatic heterocycles. The molecule has 2 aromatic carbocycles. The Kier molecular flexibility index (Phi) is 5.44. The van der Waals surface area contributed by atoms with Gasteiger partial charge in [-0.1, -0.05) is 44.2 Å². The highest BCUT2D eigenvalue weighted by Gasteiger charge is 2.27. The van der Waals surface area contributed by atoms with Gasteiger partial charge < -0.3 is 4.74 Å². The fraction of sp³-hybridized carbons (Fsp3) is 0.350. The van der Waals surface area contributed by atoms with Crippen molar-refractivity contribution in [2.75, 3.05) is 13.1 Å². The summed E-state index contributed by atoms with van der Waals surface area (Å²) in [4.78, 5) is 12.7. The molecule has 0 heterocycles. The summed E-state index contributed by atoms with van der Waals surface area (Å²) < 4.78 is 32.3. The molecule has 1 atom stereocenters. The highest BCUT2D eigenvalue weighted by atomic mass is 32.2. The first-order valence-corrected chi connectivity index (χ1v) is 10.3. The third kappa shape index (κ3) is 3.52. The Balaban J connectivity index is 1.82. The molecule has 0 amide bonds. The molecule has 1 aliphatic carbocycles. The lowest BCUT2D eigenvalue weighted by molar-refractivity contribution is 0.0301. The molecule has 0 bridgehead atoms. The summed E-state index contributed by atoms with van der Waals surface area (Å²) in [6, 6.07) is 14.0. The number of benzene rings is 2. The average molecular weight is 373 g/mol. The van der Waals surface area contributed by atoms with Crippen molar-refractivity contribution in [3.8, 4) is 0 Å². The van der Waals surface area contributed by atoms with E-state index in [9.17, 15) is 13.2 Å². The van der Waals surface area contributed by atoms with Gasteiger partial charge in [-0.3, -0.25) is 0 Å². The average Bonchev–Trinajstić information content (AvgIpc) is 3.05. The zero-order valence-corrected chi connectivity index (χ0v) is 15.8. The maximum Gasteiger partial charge on any atom is 0.338 e.